The number of amides is 1. The molecule has 0 spiro atoms. The van der Waals surface area contributed by atoms with E-state index < -0.39 is 5.91 Å². The predicted molar refractivity (Wildman–Crippen MR) is 161 cm³/mol. The van der Waals surface area contributed by atoms with Crippen LogP contribution in [0.25, 0.3) is 6.08 Å². The van der Waals surface area contributed by atoms with Crippen LogP contribution in [0.2, 0.25) is 5.02 Å². The molecule has 0 heterocycles. The van der Waals surface area contributed by atoms with Gasteiger partial charge in [-0.05, 0) is 93.9 Å². The molecule has 0 aliphatic carbocycles. The number of nitrogens with zero attached hydrogens (tertiary/aromatic N) is 1. The Kier molecular flexibility index (Phi) is 9.84. The van der Waals surface area contributed by atoms with Gasteiger partial charge in [0.2, 0.25) is 0 Å². The number of rotatable bonds is 10. The summed E-state index contributed by atoms with van der Waals surface area (Å²) in [6.07, 6.45) is 1.51. The summed E-state index contributed by atoms with van der Waals surface area (Å²) in [5.74, 6) is 1.22. The number of hydrogen-bond donors (Lipinski definition) is 1. The quantitative estimate of drug-likeness (QED) is 0.108. The zero-order chi connectivity index (χ0) is 27.6. The van der Waals surface area contributed by atoms with E-state index in [4.69, 9.17) is 25.8 Å². The molecule has 0 unspecified atom stereocenters. The van der Waals surface area contributed by atoms with Crippen LogP contribution in [-0.2, 0) is 18.0 Å². The normalized spacial score (nSPS) is 10.9. The van der Waals surface area contributed by atoms with Crippen LogP contribution in [0.5, 0.6) is 17.2 Å². The number of carbonyl (C=O) groups excluding carboxylic acids is 1. The summed E-state index contributed by atoms with van der Waals surface area (Å²) >= 11 is 8.09. The predicted octanol–water partition coefficient (Wildman–Crippen LogP) is 7.66. The highest BCUT2D eigenvalue weighted by atomic mass is 127. The van der Waals surface area contributed by atoms with Crippen molar-refractivity contribution in [2.24, 2.45) is 0 Å². The molecule has 0 atom stereocenters. The number of ether oxygens (including phenoxy) is 3. The molecule has 0 aliphatic heterocycles. The number of nitriles is 1. The zero-order valence-electron chi connectivity index (χ0n) is 21.0. The van der Waals surface area contributed by atoms with Gasteiger partial charge in [-0.15, -0.1) is 0 Å². The summed E-state index contributed by atoms with van der Waals surface area (Å²) in [6, 6.07) is 29.8. The molecule has 0 aliphatic rings. The van der Waals surface area contributed by atoms with Gasteiger partial charge in [0.1, 0.15) is 30.6 Å². The topological polar surface area (TPSA) is 80.6 Å². The molecular formula is C31H24ClIN2O4. The molecule has 4 rings (SSSR count). The highest BCUT2D eigenvalue weighted by Gasteiger charge is 2.14. The molecule has 0 aromatic heterocycles. The first-order valence-electron chi connectivity index (χ1n) is 11.9. The smallest absolute Gasteiger partial charge is 0.266 e. The number of nitrogens with one attached hydrogen (secondary N) is 1. The first kappa shape index (κ1) is 28.0. The van der Waals surface area contributed by atoms with Crippen LogP contribution in [0.3, 0.4) is 0 Å². The Morgan fingerprint density at radius 3 is 2.28 bits per heavy atom. The minimum absolute atomic E-state index is 0.0490. The second kappa shape index (κ2) is 13.7. The van der Waals surface area contributed by atoms with Crippen molar-refractivity contribution >= 4 is 51.9 Å². The van der Waals surface area contributed by atoms with Crippen LogP contribution in [0.1, 0.15) is 16.7 Å². The van der Waals surface area contributed by atoms with E-state index in [2.05, 4.69) is 27.9 Å². The van der Waals surface area contributed by atoms with Crippen molar-refractivity contribution in [3.8, 4) is 23.3 Å². The summed E-state index contributed by atoms with van der Waals surface area (Å²) in [5.41, 5.74) is 3.15. The fraction of sp³-hybridized carbons (Fsp3) is 0.0968. The molecule has 0 bridgehead atoms. The molecule has 0 radical (unpaired) electrons. The summed E-state index contributed by atoms with van der Waals surface area (Å²) in [6.45, 7) is 0.780. The van der Waals surface area contributed by atoms with E-state index in [0.717, 1.165) is 14.7 Å². The van der Waals surface area contributed by atoms with Crippen molar-refractivity contribution in [1.29, 1.82) is 5.26 Å². The number of carbonyl (C=O) groups is 1. The molecule has 1 amide bonds. The Morgan fingerprint density at radius 2 is 1.62 bits per heavy atom. The minimum atomic E-state index is -0.521. The number of anilines is 1. The molecule has 0 saturated carbocycles. The molecule has 6 nitrogen and oxygen atoms in total. The minimum Gasteiger partial charge on any atom is -0.493 e. The van der Waals surface area contributed by atoms with Gasteiger partial charge in [0, 0.05) is 10.7 Å². The molecule has 0 fully saturated rings. The van der Waals surface area contributed by atoms with E-state index in [1.54, 1.807) is 49.6 Å². The standard InChI is InChI=1S/C31H24ClIN2O4/c1-37-29-17-23(16-28(33)30(29)39-20-22-7-9-25(32)10-8-22)15-24(18-34)31(36)35-26-11-13-27(14-12-26)38-19-21-5-3-2-4-6-21/h2-17H,19-20H2,1H3,(H,35,36)/b24-15+. The van der Waals surface area contributed by atoms with Gasteiger partial charge in [0.05, 0.1) is 10.7 Å². The largest absolute Gasteiger partial charge is 0.493 e. The van der Waals surface area contributed by atoms with Gasteiger partial charge in [0.15, 0.2) is 11.5 Å². The Morgan fingerprint density at radius 1 is 0.949 bits per heavy atom. The lowest BCUT2D eigenvalue weighted by Gasteiger charge is -2.14. The third kappa shape index (κ3) is 7.99. The Balaban J connectivity index is 1.42. The average molecular weight is 651 g/mol. The molecule has 1 N–H and O–H groups in total. The number of benzene rings is 4. The summed E-state index contributed by atoms with van der Waals surface area (Å²) in [5, 5.41) is 13.1. The van der Waals surface area contributed by atoms with E-state index in [-0.39, 0.29) is 5.57 Å². The van der Waals surface area contributed by atoms with Gasteiger partial charge >= 0.3 is 0 Å². The van der Waals surface area contributed by atoms with Gasteiger partial charge in [-0.1, -0.05) is 54.1 Å². The van der Waals surface area contributed by atoms with Crippen molar-refractivity contribution in [2.75, 3.05) is 12.4 Å². The van der Waals surface area contributed by atoms with Gasteiger partial charge in [-0.25, -0.2) is 0 Å². The van der Waals surface area contributed by atoms with Crippen LogP contribution < -0.4 is 19.5 Å². The first-order valence-corrected chi connectivity index (χ1v) is 13.4. The van der Waals surface area contributed by atoms with E-state index in [1.807, 2.05) is 54.6 Å². The van der Waals surface area contributed by atoms with Crippen molar-refractivity contribution in [2.45, 2.75) is 13.2 Å². The fourth-order valence-corrected chi connectivity index (χ4v) is 4.50. The maximum absolute atomic E-state index is 12.8. The van der Waals surface area contributed by atoms with Gasteiger partial charge in [0.25, 0.3) is 5.91 Å². The zero-order valence-corrected chi connectivity index (χ0v) is 23.9. The first-order chi connectivity index (χ1) is 18.9. The average Bonchev–Trinajstić information content (AvgIpc) is 2.96. The molecule has 196 valence electrons. The van der Waals surface area contributed by atoms with E-state index in [1.165, 1.54) is 6.08 Å². The Hall–Kier alpha value is -4.00. The van der Waals surface area contributed by atoms with Crippen LogP contribution in [0.4, 0.5) is 5.69 Å². The van der Waals surface area contributed by atoms with Gasteiger partial charge in [-0.2, -0.15) is 5.26 Å². The summed E-state index contributed by atoms with van der Waals surface area (Å²) < 4.78 is 18.1. The van der Waals surface area contributed by atoms with Crippen molar-refractivity contribution < 1.29 is 19.0 Å². The van der Waals surface area contributed by atoms with Crippen LogP contribution in [-0.4, -0.2) is 13.0 Å². The highest BCUT2D eigenvalue weighted by molar-refractivity contribution is 14.1. The maximum Gasteiger partial charge on any atom is 0.266 e. The van der Waals surface area contributed by atoms with E-state index in [9.17, 15) is 10.1 Å². The second-order valence-electron chi connectivity index (χ2n) is 8.37. The third-order valence-electron chi connectivity index (χ3n) is 5.58. The molecule has 39 heavy (non-hydrogen) atoms. The highest BCUT2D eigenvalue weighted by Crippen LogP contribution is 2.35. The Bertz CT molecular complexity index is 1500. The summed E-state index contributed by atoms with van der Waals surface area (Å²) in [7, 11) is 1.54. The molecule has 8 heteroatoms. The van der Waals surface area contributed by atoms with Crippen molar-refractivity contribution in [3.63, 3.8) is 0 Å². The summed E-state index contributed by atoms with van der Waals surface area (Å²) in [4.78, 5) is 12.8. The van der Waals surface area contributed by atoms with Gasteiger partial charge < -0.3 is 19.5 Å². The maximum atomic E-state index is 12.8. The molecule has 4 aromatic rings. The van der Waals surface area contributed by atoms with Crippen molar-refractivity contribution in [3.05, 3.63) is 122 Å². The fourth-order valence-electron chi connectivity index (χ4n) is 3.59. The number of halogens is 2. The van der Waals surface area contributed by atoms with Crippen LogP contribution in [0.15, 0.2) is 96.6 Å². The lowest BCUT2D eigenvalue weighted by Crippen LogP contribution is -2.13. The number of hydrogen-bond acceptors (Lipinski definition) is 5. The van der Waals surface area contributed by atoms with Crippen LogP contribution in [0, 0.1) is 14.9 Å². The Labute approximate surface area is 245 Å². The molecule has 4 aromatic carbocycles. The van der Waals surface area contributed by atoms with Crippen molar-refractivity contribution in [1.82, 2.24) is 0 Å². The lowest BCUT2D eigenvalue weighted by atomic mass is 10.1. The van der Waals surface area contributed by atoms with E-state index in [0.29, 0.717) is 46.7 Å². The molecular weight excluding hydrogens is 627 g/mol. The van der Waals surface area contributed by atoms with E-state index >= 15 is 0 Å². The lowest BCUT2D eigenvalue weighted by molar-refractivity contribution is -0.112. The third-order valence-corrected chi connectivity index (χ3v) is 6.64. The van der Waals surface area contributed by atoms with Gasteiger partial charge in [-0.3, -0.25) is 4.79 Å². The number of methoxy groups -OCH3 is 1. The van der Waals surface area contributed by atoms with Crippen LogP contribution >= 0.6 is 34.2 Å². The monoisotopic (exact) mass is 650 g/mol. The second-order valence-corrected chi connectivity index (χ2v) is 9.97. The molecule has 0 saturated heterocycles. The SMILES string of the molecule is COc1cc(/C=C(\C#N)C(=O)Nc2ccc(OCc3ccccc3)cc2)cc(I)c1OCc1ccc(Cl)cc1.